The zero-order valence-corrected chi connectivity index (χ0v) is 22.1. The van der Waals surface area contributed by atoms with E-state index in [4.69, 9.17) is 9.47 Å². The second-order valence-corrected chi connectivity index (χ2v) is 9.90. The van der Waals surface area contributed by atoms with Gasteiger partial charge in [-0.25, -0.2) is 4.39 Å². The molecule has 0 radical (unpaired) electrons. The normalized spacial score (nSPS) is 15.0. The Kier molecular flexibility index (Phi) is 9.18. The van der Waals surface area contributed by atoms with Crippen LogP contribution in [-0.2, 0) is 11.4 Å². The lowest BCUT2D eigenvalue weighted by Gasteiger charge is -2.20. The Morgan fingerprint density at radius 3 is 2.51 bits per heavy atom. The van der Waals surface area contributed by atoms with Gasteiger partial charge in [-0.15, -0.1) is 11.3 Å². The van der Waals surface area contributed by atoms with Crippen molar-refractivity contribution in [3.8, 4) is 21.9 Å². The van der Waals surface area contributed by atoms with Gasteiger partial charge in [0.15, 0.2) is 0 Å². The van der Waals surface area contributed by atoms with Crippen molar-refractivity contribution in [1.82, 2.24) is 0 Å². The van der Waals surface area contributed by atoms with Gasteiger partial charge < -0.3 is 14.6 Å². The zero-order valence-electron chi connectivity index (χ0n) is 20.3. The summed E-state index contributed by atoms with van der Waals surface area (Å²) in [5.74, 6) is -2.40. The molecule has 37 heavy (non-hydrogen) atoms. The van der Waals surface area contributed by atoms with Crippen LogP contribution in [-0.4, -0.2) is 24.4 Å². The molecule has 0 amide bonds. The summed E-state index contributed by atoms with van der Waals surface area (Å²) in [6.07, 6.45) is -2.57. The van der Waals surface area contributed by atoms with E-state index in [-0.39, 0.29) is 48.4 Å². The first-order valence-electron chi connectivity index (χ1n) is 11.5. The lowest BCUT2D eigenvalue weighted by atomic mass is 9.91. The highest BCUT2D eigenvalue weighted by molar-refractivity contribution is 7.59. The summed E-state index contributed by atoms with van der Waals surface area (Å²) in [6, 6.07) is 11.0. The number of alkyl halides is 3. The molecule has 1 fully saturated rings. The molecule has 2 atom stereocenters. The molecule has 0 saturated heterocycles. The third-order valence-corrected chi connectivity index (χ3v) is 7.60. The quantitative estimate of drug-likeness (QED) is 0.258. The van der Waals surface area contributed by atoms with Crippen LogP contribution in [0.1, 0.15) is 54.7 Å². The Labute approximate surface area is 223 Å². The smallest absolute Gasteiger partial charge is 0.395 e. The van der Waals surface area contributed by atoms with Gasteiger partial charge in [0.25, 0.3) is 0 Å². The Hall–Kier alpha value is -2.72. The minimum Gasteiger partial charge on any atom is -0.497 e. The van der Waals surface area contributed by atoms with E-state index in [2.05, 4.69) is 0 Å². The molecule has 2 aromatic carbocycles. The Bertz CT molecular complexity index is 1240. The number of halogens is 4. The highest BCUT2D eigenvalue weighted by atomic mass is 32.1. The van der Waals surface area contributed by atoms with E-state index in [9.17, 15) is 27.5 Å². The lowest BCUT2D eigenvalue weighted by molar-refractivity contribution is -0.146. The molecule has 0 spiro atoms. The molecule has 1 unspecified atom stereocenters. The number of hydrogen-bond donors (Lipinski definition) is 1. The number of methoxy groups -OCH3 is 1. The fraction of sp³-hybridized carbons (Fsp3) is 0.370. The van der Waals surface area contributed by atoms with Crippen LogP contribution in [0.5, 0.6) is 11.5 Å². The number of hydrogen-bond acceptors (Lipinski definition) is 4. The average Bonchev–Trinajstić information content (AvgIpc) is 3.59. The fourth-order valence-corrected chi connectivity index (χ4v) is 5.58. The van der Waals surface area contributed by atoms with Crippen molar-refractivity contribution in [2.24, 2.45) is 5.92 Å². The second kappa shape index (κ2) is 11.8. The maximum atomic E-state index is 14.7. The average molecular weight is 557 g/mol. The number of thiophene rings is 1. The van der Waals surface area contributed by atoms with Crippen molar-refractivity contribution in [2.75, 3.05) is 7.11 Å². The first kappa shape index (κ1) is 28.8. The standard InChI is InChI=1S/C27H26F4O4S.H2S/c1-15(27(29,30)31)25-18(14-36-26(25)22-11-19(34-2)8-9-23(22)28)13-35-20-5-3-4-17(10-20)21(12-24(32)33)16-6-7-16;/h3-5,8-11,14-16,21H,6-7,12-13H2,1-2H3,(H,32,33);1H2/t15?,21-;/m0./s1. The van der Waals surface area contributed by atoms with Gasteiger partial charge in [-0.1, -0.05) is 12.1 Å². The van der Waals surface area contributed by atoms with E-state index in [0.29, 0.717) is 23.0 Å². The molecular formula is C27H28F4O4S2. The van der Waals surface area contributed by atoms with Gasteiger partial charge in [-0.2, -0.15) is 26.7 Å². The predicted octanol–water partition coefficient (Wildman–Crippen LogP) is 7.89. The van der Waals surface area contributed by atoms with Crippen molar-refractivity contribution < 1.29 is 36.9 Å². The SMILES string of the molecule is COc1ccc(F)c(-c2scc(COc3cccc([C@@H](CC(=O)O)C4CC4)c3)c2C(C)C(F)(F)F)c1.S. The van der Waals surface area contributed by atoms with Crippen LogP contribution in [0, 0.1) is 11.7 Å². The van der Waals surface area contributed by atoms with Crippen LogP contribution < -0.4 is 9.47 Å². The third-order valence-electron chi connectivity index (χ3n) is 6.52. The highest BCUT2D eigenvalue weighted by Gasteiger charge is 2.40. The van der Waals surface area contributed by atoms with Crippen molar-refractivity contribution in [2.45, 2.75) is 50.8 Å². The molecule has 1 heterocycles. The van der Waals surface area contributed by atoms with Gasteiger partial charge >= 0.3 is 12.1 Å². The molecule has 1 saturated carbocycles. The number of carbonyl (C=O) groups is 1. The topological polar surface area (TPSA) is 55.8 Å². The molecule has 0 bridgehead atoms. The zero-order chi connectivity index (χ0) is 26.0. The largest absolute Gasteiger partial charge is 0.497 e. The van der Waals surface area contributed by atoms with Crippen LogP contribution in [0.15, 0.2) is 47.8 Å². The fourth-order valence-electron chi connectivity index (χ4n) is 4.41. The predicted molar refractivity (Wildman–Crippen MR) is 140 cm³/mol. The van der Waals surface area contributed by atoms with Gasteiger partial charge in [0.1, 0.15) is 23.9 Å². The van der Waals surface area contributed by atoms with E-state index >= 15 is 0 Å². The Balaban J connectivity index is 0.00000380. The lowest BCUT2D eigenvalue weighted by Crippen LogP contribution is -2.19. The molecule has 4 nitrogen and oxygen atoms in total. The van der Waals surface area contributed by atoms with Gasteiger partial charge in [-0.05, 0) is 78.4 Å². The molecule has 1 aromatic heterocycles. The van der Waals surface area contributed by atoms with E-state index < -0.39 is 23.9 Å². The van der Waals surface area contributed by atoms with Gasteiger partial charge in [0.2, 0.25) is 0 Å². The van der Waals surface area contributed by atoms with E-state index in [0.717, 1.165) is 36.7 Å². The molecule has 0 aliphatic heterocycles. The summed E-state index contributed by atoms with van der Waals surface area (Å²) in [6.45, 7) is 0.911. The summed E-state index contributed by atoms with van der Waals surface area (Å²) in [7, 11) is 1.41. The first-order chi connectivity index (χ1) is 17.1. The number of ether oxygens (including phenoxy) is 2. The minimum absolute atomic E-state index is 0. The molecule has 10 heteroatoms. The van der Waals surface area contributed by atoms with Crippen LogP contribution in [0.3, 0.4) is 0 Å². The van der Waals surface area contributed by atoms with Crippen LogP contribution >= 0.6 is 24.8 Å². The summed E-state index contributed by atoms with van der Waals surface area (Å²) in [5.41, 5.74) is 1.17. The number of benzene rings is 2. The molecular weight excluding hydrogens is 528 g/mol. The first-order valence-corrected chi connectivity index (χ1v) is 12.4. The number of carboxylic acid groups (broad SMARTS) is 1. The van der Waals surface area contributed by atoms with Gasteiger partial charge in [-0.3, -0.25) is 4.79 Å². The van der Waals surface area contributed by atoms with Crippen molar-refractivity contribution in [1.29, 1.82) is 0 Å². The van der Waals surface area contributed by atoms with Gasteiger partial charge in [0.05, 0.1) is 19.4 Å². The Morgan fingerprint density at radius 2 is 1.89 bits per heavy atom. The summed E-state index contributed by atoms with van der Waals surface area (Å²) in [4.78, 5) is 11.5. The molecule has 4 rings (SSSR count). The monoisotopic (exact) mass is 556 g/mol. The van der Waals surface area contributed by atoms with Crippen molar-refractivity contribution in [3.05, 3.63) is 70.4 Å². The van der Waals surface area contributed by atoms with E-state index in [1.807, 2.05) is 6.07 Å². The maximum absolute atomic E-state index is 14.7. The molecule has 1 N–H and O–H groups in total. The van der Waals surface area contributed by atoms with Gasteiger partial charge in [0, 0.05) is 16.0 Å². The minimum atomic E-state index is -4.53. The molecule has 200 valence electrons. The van der Waals surface area contributed by atoms with Crippen LogP contribution in [0.25, 0.3) is 10.4 Å². The van der Waals surface area contributed by atoms with Crippen molar-refractivity contribution in [3.63, 3.8) is 0 Å². The number of aliphatic carboxylic acids is 1. The maximum Gasteiger partial charge on any atom is 0.395 e. The summed E-state index contributed by atoms with van der Waals surface area (Å²) < 4.78 is 67.2. The van der Waals surface area contributed by atoms with Crippen LogP contribution in [0.2, 0.25) is 0 Å². The highest BCUT2D eigenvalue weighted by Crippen LogP contribution is 2.47. The number of rotatable bonds is 10. The third kappa shape index (κ3) is 6.78. The van der Waals surface area contributed by atoms with Crippen LogP contribution in [0.4, 0.5) is 17.6 Å². The molecule has 3 aromatic rings. The number of carboxylic acids is 1. The molecule has 1 aliphatic carbocycles. The summed E-state index contributed by atoms with van der Waals surface area (Å²) in [5, 5.41) is 10.8. The summed E-state index contributed by atoms with van der Waals surface area (Å²) >= 11 is 1.03. The molecule has 1 aliphatic rings. The second-order valence-electron chi connectivity index (χ2n) is 9.02. The van der Waals surface area contributed by atoms with E-state index in [1.54, 1.807) is 23.6 Å². The Morgan fingerprint density at radius 1 is 1.16 bits per heavy atom. The van der Waals surface area contributed by atoms with E-state index in [1.165, 1.54) is 25.3 Å². The van der Waals surface area contributed by atoms with Crippen molar-refractivity contribution >= 4 is 30.8 Å².